The Morgan fingerprint density at radius 1 is 1.05 bits per heavy atom. The van der Waals surface area contributed by atoms with E-state index in [-0.39, 0.29) is 5.69 Å². The molecule has 108 valence electrons. The van der Waals surface area contributed by atoms with Gasteiger partial charge in [-0.05, 0) is 43.2 Å². The molecule has 2 aromatic carbocycles. The number of carbonyl (C=O) groups is 1. The highest BCUT2D eigenvalue weighted by Crippen LogP contribution is 2.19. The summed E-state index contributed by atoms with van der Waals surface area (Å²) in [6.07, 6.45) is 0. The van der Waals surface area contributed by atoms with Crippen molar-refractivity contribution in [2.75, 3.05) is 10.6 Å². The number of carbonyl (C=O) groups excluding carboxylic acids is 1. The molecule has 0 saturated heterocycles. The molecule has 21 heavy (non-hydrogen) atoms. The van der Waals surface area contributed by atoms with Gasteiger partial charge in [-0.2, -0.15) is 0 Å². The monoisotopic (exact) mass is 285 g/mol. The van der Waals surface area contributed by atoms with E-state index >= 15 is 0 Å². The number of hydrogen-bond acceptors (Lipinski definition) is 3. The second kappa shape index (κ2) is 6.04. The molecule has 0 aliphatic heterocycles. The molecule has 2 rings (SSSR count). The molecule has 0 aromatic heterocycles. The number of hydrogen-bond donors (Lipinski definition) is 2. The molecule has 0 aliphatic carbocycles. The number of aryl methyl sites for hydroxylation is 1. The number of amides is 2. The Kier molecular flexibility index (Phi) is 4.18. The van der Waals surface area contributed by atoms with E-state index in [1.807, 2.05) is 32.0 Å². The van der Waals surface area contributed by atoms with Crippen LogP contribution in [-0.2, 0) is 0 Å². The van der Waals surface area contributed by atoms with Crippen molar-refractivity contribution < 1.29 is 9.72 Å². The summed E-state index contributed by atoms with van der Waals surface area (Å²) >= 11 is 0. The SMILES string of the molecule is Cc1cccc(NC(=O)Nc2ccc([N+](=O)[O-])cc2)c1C. The average molecular weight is 285 g/mol. The molecular formula is C15H15N3O3. The van der Waals surface area contributed by atoms with Crippen molar-refractivity contribution in [1.82, 2.24) is 0 Å². The van der Waals surface area contributed by atoms with Crippen LogP contribution in [0.3, 0.4) is 0 Å². The highest BCUT2D eigenvalue weighted by molar-refractivity contribution is 6.00. The van der Waals surface area contributed by atoms with Crippen LogP contribution in [-0.4, -0.2) is 11.0 Å². The molecule has 2 N–H and O–H groups in total. The summed E-state index contributed by atoms with van der Waals surface area (Å²) in [6.45, 7) is 3.89. The minimum Gasteiger partial charge on any atom is -0.308 e. The summed E-state index contributed by atoms with van der Waals surface area (Å²) < 4.78 is 0. The number of nitrogens with zero attached hydrogens (tertiary/aromatic N) is 1. The molecule has 0 radical (unpaired) electrons. The van der Waals surface area contributed by atoms with Crippen molar-refractivity contribution in [2.24, 2.45) is 0 Å². The first-order valence-corrected chi connectivity index (χ1v) is 6.36. The molecule has 0 aliphatic rings. The Hall–Kier alpha value is -2.89. The van der Waals surface area contributed by atoms with E-state index < -0.39 is 11.0 Å². The summed E-state index contributed by atoms with van der Waals surface area (Å²) in [5.74, 6) is 0. The summed E-state index contributed by atoms with van der Waals surface area (Å²) in [7, 11) is 0. The molecule has 0 spiro atoms. The van der Waals surface area contributed by atoms with Crippen molar-refractivity contribution in [3.05, 3.63) is 63.7 Å². The topological polar surface area (TPSA) is 84.3 Å². The molecule has 2 amide bonds. The largest absolute Gasteiger partial charge is 0.323 e. The number of nitro benzene ring substituents is 1. The molecule has 0 saturated carbocycles. The van der Waals surface area contributed by atoms with E-state index in [1.165, 1.54) is 24.3 Å². The van der Waals surface area contributed by atoms with E-state index in [0.29, 0.717) is 5.69 Å². The first kappa shape index (κ1) is 14.5. The fourth-order valence-corrected chi connectivity index (χ4v) is 1.84. The average Bonchev–Trinajstić information content (AvgIpc) is 2.44. The van der Waals surface area contributed by atoms with Gasteiger partial charge >= 0.3 is 6.03 Å². The Balaban J connectivity index is 2.04. The van der Waals surface area contributed by atoms with Gasteiger partial charge in [0, 0.05) is 23.5 Å². The third-order valence-electron chi connectivity index (χ3n) is 3.19. The van der Waals surface area contributed by atoms with Gasteiger partial charge in [0.1, 0.15) is 0 Å². The fourth-order valence-electron chi connectivity index (χ4n) is 1.84. The quantitative estimate of drug-likeness (QED) is 0.663. The molecule has 0 fully saturated rings. The second-order valence-electron chi connectivity index (χ2n) is 4.63. The van der Waals surface area contributed by atoms with Crippen LogP contribution in [0.25, 0.3) is 0 Å². The molecule has 2 aromatic rings. The lowest BCUT2D eigenvalue weighted by Gasteiger charge is -2.11. The summed E-state index contributed by atoms with van der Waals surface area (Å²) in [5.41, 5.74) is 3.28. The van der Waals surface area contributed by atoms with E-state index in [9.17, 15) is 14.9 Å². The zero-order chi connectivity index (χ0) is 15.4. The molecule has 6 nitrogen and oxygen atoms in total. The van der Waals surface area contributed by atoms with Gasteiger partial charge in [0.25, 0.3) is 5.69 Å². The fraction of sp³-hybridized carbons (Fsp3) is 0.133. The molecule has 0 atom stereocenters. The van der Waals surface area contributed by atoms with Gasteiger partial charge in [-0.15, -0.1) is 0 Å². The first-order valence-electron chi connectivity index (χ1n) is 6.36. The molecule has 6 heteroatoms. The van der Waals surface area contributed by atoms with Crippen LogP contribution in [0.5, 0.6) is 0 Å². The summed E-state index contributed by atoms with van der Waals surface area (Å²) in [6, 6.07) is 10.9. The van der Waals surface area contributed by atoms with Crippen LogP contribution >= 0.6 is 0 Å². The number of nitro groups is 1. The molecule has 0 unspecified atom stereocenters. The smallest absolute Gasteiger partial charge is 0.308 e. The van der Waals surface area contributed by atoms with Crippen molar-refractivity contribution in [3.63, 3.8) is 0 Å². The highest BCUT2D eigenvalue weighted by Gasteiger charge is 2.08. The Labute approximate surface area is 121 Å². The zero-order valence-corrected chi connectivity index (χ0v) is 11.7. The highest BCUT2D eigenvalue weighted by atomic mass is 16.6. The number of benzene rings is 2. The summed E-state index contributed by atoms with van der Waals surface area (Å²) in [4.78, 5) is 22.0. The number of anilines is 2. The van der Waals surface area contributed by atoms with Gasteiger partial charge in [0.05, 0.1) is 4.92 Å². The van der Waals surface area contributed by atoms with Gasteiger partial charge in [0.2, 0.25) is 0 Å². The van der Waals surface area contributed by atoms with E-state index in [2.05, 4.69) is 10.6 Å². The number of urea groups is 1. The van der Waals surface area contributed by atoms with Gasteiger partial charge < -0.3 is 10.6 Å². The standard InChI is InChI=1S/C15H15N3O3/c1-10-4-3-5-14(11(10)2)17-15(19)16-12-6-8-13(9-7-12)18(20)21/h3-9H,1-2H3,(H2,16,17,19). The lowest BCUT2D eigenvalue weighted by molar-refractivity contribution is -0.384. The predicted molar refractivity (Wildman–Crippen MR) is 81.7 cm³/mol. The van der Waals surface area contributed by atoms with Gasteiger partial charge in [-0.25, -0.2) is 4.79 Å². The molecular weight excluding hydrogens is 270 g/mol. The first-order chi connectivity index (χ1) is 9.97. The molecule has 0 bridgehead atoms. The van der Waals surface area contributed by atoms with Crippen molar-refractivity contribution in [2.45, 2.75) is 13.8 Å². The van der Waals surface area contributed by atoms with Gasteiger partial charge in [0.15, 0.2) is 0 Å². The lowest BCUT2D eigenvalue weighted by atomic mass is 10.1. The third-order valence-corrected chi connectivity index (χ3v) is 3.19. The zero-order valence-electron chi connectivity index (χ0n) is 11.7. The summed E-state index contributed by atoms with van der Waals surface area (Å²) in [5, 5.41) is 15.9. The maximum absolute atomic E-state index is 11.9. The van der Waals surface area contributed by atoms with Crippen LogP contribution < -0.4 is 10.6 Å². The normalized spacial score (nSPS) is 10.0. The minimum atomic E-state index is -0.486. The minimum absolute atomic E-state index is 0.0181. The van der Waals surface area contributed by atoms with Crippen LogP contribution in [0.2, 0.25) is 0 Å². The van der Waals surface area contributed by atoms with Crippen LogP contribution in [0.4, 0.5) is 21.9 Å². The van der Waals surface area contributed by atoms with Crippen molar-refractivity contribution in [1.29, 1.82) is 0 Å². The maximum Gasteiger partial charge on any atom is 0.323 e. The van der Waals surface area contributed by atoms with Crippen LogP contribution in [0.1, 0.15) is 11.1 Å². The Bertz CT molecular complexity index is 681. The number of rotatable bonds is 3. The van der Waals surface area contributed by atoms with Crippen molar-refractivity contribution >= 4 is 23.1 Å². The van der Waals surface area contributed by atoms with E-state index in [4.69, 9.17) is 0 Å². The third kappa shape index (κ3) is 3.56. The van der Waals surface area contributed by atoms with Gasteiger partial charge in [-0.1, -0.05) is 12.1 Å². The van der Waals surface area contributed by atoms with E-state index in [1.54, 1.807) is 0 Å². The molecule has 0 heterocycles. The van der Waals surface area contributed by atoms with Crippen molar-refractivity contribution in [3.8, 4) is 0 Å². The van der Waals surface area contributed by atoms with Crippen LogP contribution in [0, 0.1) is 24.0 Å². The Morgan fingerprint density at radius 2 is 1.71 bits per heavy atom. The van der Waals surface area contributed by atoms with E-state index in [0.717, 1.165) is 16.8 Å². The second-order valence-corrected chi connectivity index (χ2v) is 4.63. The maximum atomic E-state index is 11.9. The lowest BCUT2D eigenvalue weighted by Crippen LogP contribution is -2.20. The Morgan fingerprint density at radius 3 is 2.33 bits per heavy atom. The van der Waals surface area contributed by atoms with Crippen LogP contribution in [0.15, 0.2) is 42.5 Å². The number of nitrogens with one attached hydrogen (secondary N) is 2. The van der Waals surface area contributed by atoms with Gasteiger partial charge in [-0.3, -0.25) is 10.1 Å². The predicted octanol–water partition coefficient (Wildman–Crippen LogP) is 3.86. The number of non-ortho nitro benzene ring substituents is 1.